The lowest BCUT2D eigenvalue weighted by Crippen LogP contribution is -2.32. The number of unbranched alkanes of at least 4 members (excludes halogenated alkanes) is 2. The van der Waals surface area contributed by atoms with E-state index in [-0.39, 0.29) is 0 Å². The fourth-order valence-corrected chi connectivity index (χ4v) is 2.17. The molecule has 0 saturated heterocycles. The van der Waals surface area contributed by atoms with Crippen LogP contribution in [0.2, 0.25) is 0 Å². The average Bonchev–Trinajstić information content (AvgIpc) is 2.26. The molecule has 0 aliphatic heterocycles. The van der Waals surface area contributed by atoms with Crippen molar-refractivity contribution in [3.8, 4) is 0 Å². The highest BCUT2D eigenvalue weighted by atomic mass is 14.9. The summed E-state index contributed by atoms with van der Waals surface area (Å²) < 4.78 is 0. The van der Waals surface area contributed by atoms with Crippen LogP contribution in [0, 0.1) is 11.3 Å². The fraction of sp³-hybridized carbons (Fsp3) is 1.00. The normalized spacial score (nSPS) is 13.9. The summed E-state index contributed by atoms with van der Waals surface area (Å²) in [5.41, 5.74) is 5.97. The number of hydrogen-bond donors (Lipinski definition) is 2. The lowest BCUT2D eigenvalue weighted by Gasteiger charge is -2.26. The van der Waals surface area contributed by atoms with E-state index in [1.54, 1.807) is 0 Å². The smallest absolute Gasteiger partial charge is 0.000263 e. The molecule has 0 saturated carbocycles. The minimum absolute atomic E-state index is 0.447. The molecule has 0 amide bonds. The van der Waals surface area contributed by atoms with Crippen molar-refractivity contribution in [3.05, 3.63) is 0 Å². The summed E-state index contributed by atoms with van der Waals surface area (Å²) >= 11 is 0. The Balaban J connectivity index is 3.56. The quantitative estimate of drug-likeness (QED) is 0.544. The fourth-order valence-electron chi connectivity index (χ4n) is 2.17. The van der Waals surface area contributed by atoms with Gasteiger partial charge in [0.15, 0.2) is 0 Å². The Morgan fingerprint density at radius 2 is 1.88 bits per heavy atom. The van der Waals surface area contributed by atoms with Crippen molar-refractivity contribution in [2.24, 2.45) is 17.1 Å². The van der Waals surface area contributed by atoms with Gasteiger partial charge in [0.05, 0.1) is 0 Å². The lowest BCUT2D eigenvalue weighted by molar-refractivity contribution is 0.293. The van der Waals surface area contributed by atoms with E-state index in [0.717, 1.165) is 32.0 Å². The average molecular weight is 242 g/mol. The molecule has 0 bridgehead atoms. The second-order valence-electron chi connectivity index (χ2n) is 6.29. The predicted molar refractivity (Wildman–Crippen MR) is 78.2 cm³/mol. The molecule has 2 heteroatoms. The Morgan fingerprint density at radius 1 is 1.18 bits per heavy atom. The second-order valence-corrected chi connectivity index (χ2v) is 6.29. The van der Waals surface area contributed by atoms with Crippen molar-refractivity contribution in [2.45, 2.75) is 66.2 Å². The molecule has 0 spiro atoms. The molecular weight excluding hydrogens is 208 g/mol. The molecule has 0 aliphatic carbocycles. The van der Waals surface area contributed by atoms with Gasteiger partial charge in [-0.3, -0.25) is 0 Å². The highest BCUT2D eigenvalue weighted by Gasteiger charge is 2.16. The van der Waals surface area contributed by atoms with E-state index in [9.17, 15) is 0 Å². The lowest BCUT2D eigenvalue weighted by atomic mass is 9.86. The minimum Gasteiger partial charge on any atom is -0.330 e. The van der Waals surface area contributed by atoms with E-state index in [4.69, 9.17) is 5.73 Å². The molecule has 0 rings (SSSR count). The Kier molecular flexibility index (Phi) is 9.85. The highest BCUT2D eigenvalue weighted by Crippen LogP contribution is 2.22. The van der Waals surface area contributed by atoms with Gasteiger partial charge in [-0.15, -0.1) is 0 Å². The van der Waals surface area contributed by atoms with Gasteiger partial charge in [-0.2, -0.15) is 0 Å². The van der Waals surface area contributed by atoms with Crippen molar-refractivity contribution in [2.75, 3.05) is 19.6 Å². The third kappa shape index (κ3) is 10.8. The zero-order valence-electron chi connectivity index (χ0n) is 12.5. The second kappa shape index (κ2) is 9.90. The summed E-state index contributed by atoms with van der Waals surface area (Å²) in [6.07, 6.45) is 7.80. The topological polar surface area (TPSA) is 38.0 Å². The van der Waals surface area contributed by atoms with Crippen LogP contribution < -0.4 is 11.1 Å². The van der Waals surface area contributed by atoms with Crippen molar-refractivity contribution in [3.63, 3.8) is 0 Å². The van der Waals surface area contributed by atoms with Crippen LogP contribution in [0.25, 0.3) is 0 Å². The van der Waals surface area contributed by atoms with Gasteiger partial charge in [-0.25, -0.2) is 0 Å². The van der Waals surface area contributed by atoms with Gasteiger partial charge < -0.3 is 11.1 Å². The molecule has 0 aliphatic rings. The molecule has 3 N–H and O–H groups in total. The van der Waals surface area contributed by atoms with Gasteiger partial charge in [0.1, 0.15) is 0 Å². The van der Waals surface area contributed by atoms with Crippen LogP contribution in [0.3, 0.4) is 0 Å². The van der Waals surface area contributed by atoms with E-state index in [0.29, 0.717) is 5.41 Å². The molecule has 104 valence electrons. The summed E-state index contributed by atoms with van der Waals surface area (Å²) in [4.78, 5) is 0. The van der Waals surface area contributed by atoms with Crippen molar-refractivity contribution in [1.82, 2.24) is 5.32 Å². The Bertz CT molecular complexity index is 166. The van der Waals surface area contributed by atoms with E-state index in [1.165, 1.54) is 32.1 Å². The first kappa shape index (κ1) is 16.9. The van der Waals surface area contributed by atoms with Crippen molar-refractivity contribution < 1.29 is 0 Å². The standard InChI is InChI=1S/C15H34N2/c1-5-6-7-10-15(3,4)13-17-12-14(2)9-8-11-16/h14,17H,5-13,16H2,1-4H3. The highest BCUT2D eigenvalue weighted by molar-refractivity contribution is 4.72. The molecule has 0 aromatic heterocycles. The number of hydrogen-bond acceptors (Lipinski definition) is 2. The zero-order valence-corrected chi connectivity index (χ0v) is 12.5. The van der Waals surface area contributed by atoms with Gasteiger partial charge in [0, 0.05) is 6.54 Å². The maximum atomic E-state index is 5.52. The number of nitrogens with one attached hydrogen (secondary N) is 1. The van der Waals surface area contributed by atoms with Gasteiger partial charge in [0.25, 0.3) is 0 Å². The Labute approximate surface area is 109 Å². The molecule has 2 nitrogen and oxygen atoms in total. The van der Waals surface area contributed by atoms with Crippen LogP contribution in [-0.4, -0.2) is 19.6 Å². The maximum Gasteiger partial charge on any atom is 0.000263 e. The summed E-state index contributed by atoms with van der Waals surface area (Å²) in [6.45, 7) is 12.4. The van der Waals surface area contributed by atoms with E-state index in [2.05, 4.69) is 33.0 Å². The summed E-state index contributed by atoms with van der Waals surface area (Å²) in [5.74, 6) is 0.755. The van der Waals surface area contributed by atoms with Crippen LogP contribution in [0.5, 0.6) is 0 Å². The van der Waals surface area contributed by atoms with Crippen LogP contribution in [0.4, 0.5) is 0 Å². The number of rotatable bonds is 11. The summed E-state index contributed by atoms with van der Waals surface area (Å²) in [6, 6.07) is 0. The molecular formula is C15H34N2. The SMILES string of the molecule is CCCCCC(C)(C)CNCC(C)CCCN. The van der Waals surface area contributed by atoms with Gasteiger partial charge in [-0.05, 0) is 43.7 Å². The molecule has 1 atom stereocenters. The van der Waals surface area contributed by atoms with E-state index >= 15 is 0 Å². The molecule has 0 fully saturated rings. The van der Waals surface area contributed by atoms with E-state index < -0.39 is 0 Å². The van der Waals surface area contributed by atoms with Crippen LogP contribution in [-0.2, 0) is 0 Å². The largest absolute Gasteiger partial charge is 0.330 e. The molecule has 0 heterocycles. The molecule has 0 radical (unpaired) electrons. The van der Waals surface area contributed by atoms with Gasteiger partial charge in [-0.1, -0.05) is 47.0 Å². The van der Waals surface area contributed by atoms with Crippen LogP contribution in [0.1, 0.15) is 66.2 Å². The minimum atomic E-state index is 0.447. The van der Waals surface area contributed by atoms with Crippen LogP contribution >= 0.6 is 0 Å². The predicted octanol–water partition coefficient (Wildman–Crippen LogP) is 3.56. The monoisotopic (exact) mass is 242 g/mol. The first-order chi connectivity index (χ1) is 8.02. The third-order valence-corrected chi connectivity index (χ3v) is 3.45. The first-order valence-electron chi connectivity index (χ1n) is 7.42. The molecule has 1 unspecified atom stereocenters. The van der Waals surface area contributed by atoms with Crippen LogP contribution in [0.15, 0.2) is 0 Å². The van der Waals surface area contributed by atoms with E-state index in [1.807, 2.05) is 0 Å². The Hall–Kier alpha value is -0.0800. The molecule has 0 aromatic rings. The molecule has 0 aromatic carbocycles. The first-order valence-corrected chi connectivity index (χ1v) is 7.42. The van der Waals surface area contributed by atoms with Crippen molar-refractivity contribution in [1.29, 1.82) is 0 Å². The number of nitrogens with two attached hydrogens (primary N) is 1. The zero-order chi connectivity index (χ0) is 13.1. The summed E-state index contributed by atoms with van der Waals surface area (Å²) in [5, 5.41) is 3.62. The Morgan fingerprint density at radius 3 is 2.47 bits per heavy atom. The van der Waals surface area contributed by atoms with Crippen molar-refractivity contribution >= 4 is 0 Å². The van der Waals surface area contributed by atoms with Gasteiger partial charge in [0.2, 0.25) is 0 Å². The molecule has 17 heavy (non-hydrogen) atoms. The van der Waals surface area contributed by atoms with Gasteiger partial charge >= 0.3 is 0 Å². The third-order valence-electron chi connectivity index (χ3n) is 3.45. The maximum absolute atomic E-state index is 5.52. The summed E-state index contributed by atoms with van der Waals surface area (Å²) in [7, 11) is 0.